The first-order chi connectivity index (χ1) is 10.5. The molecular formula is C13H13N3O3S3. The number of amides is 1. The van der Waals surface area contributed by atoms with Crippen LogP contribution in [0.3, 0.4) is 0 Å². The maximum atomic E-state index is 12.1. The van der Waals surface area contributed by atoms with E-state index < -0.39 is 10.0 Å². The van der Waals surface area contributed by atoms with Crippen molar-refractivity contribution in [1.82, 2.24) is 5.43 Å². The molecule has 2 aromatic rings. The van der Waals surface area contributed by atoms with Crippen LogP contribution < -0.4 is 9.73 Å². The number of hydrazone groups is 1. The lowest BCUT2D eigenvalue weighted by atomic mass is 10.3. The number of hydrogen-bond acceptors (Lipinski definition) is 6. The van der Waals surface area contributed by atoms with Crippen molar-refractivity contribution < 1.29 is 13.2 Å². The normalized spacial score (nSPS) is 18.2. The summed E-state index contributed by atoms with van der Waals surface area (Å²) in [7, 11) is -1.91. The molecule has 6 nitrogen and oxygen atoms in total. The fourth-order valence-electron chi connectivity index (χ4n) is 2.08. The van der Waals surface area contributed by atoms with Gasteiger partial charge in [-0.2, -0.15) is 5.10 Å². The Balaban J connectivity index is 1.80. The summed E-state index contributed by atoms with van der Waals surface area (Å²) in [5.74, 6) is -0.472. The molecule has 2 aromatic heterocycles. The minimum atomic E-state index is -3.43. The second kappa shape index (κ2) is 5.82. The quantitative estimate of drug-likeness (QED) is 0.851. The summed E-state index contributed by atoms with van der Waals surface area (Å²) in [6.45, 7) is 0. The van der Waals surface area contributed by atoms with Crippen molar-refractivity contribution in [3.63, 3.8) is 0 Å². The Hall–Kier alpha value is -1.71. The Morgan fingerprint density at radius 3 is 2.91 bits per heavy atom. The van der Waals surface area contributed by atoms with Gasteiger partial charge >= 0.3 is 0 Å². The fraction of sp³-hybridized carbons (Fsp3) is 0.231. The molecule has 1 aliphatic heterocycles. The van der Waals surface area contributed by atoms with Gasteiger partial charge < -0.3 is 0 Å². The third-order valence-corrected chi connectivity index (χ3v) is 6.71. The van der Waals surface area contributed by atoms with Crippen LogP contribution in [0.15, 0.2) is 34.1 Å². The molecule has 0 saturated carbocycles. The van der Waals surface area contributed by atoms with Crippen LogP contribution >= 0.6 is 22.7 Å². The SMILES string of the molecule is CN1c2ccsc2/C(=N/NC(=O)Cc2cccs2)CS1(=O)=O. The van der Waals surface area contributed by atoms with E-state index in [2.05, 4.69) is 10.5 Å². The van der Waals surface area contributed by atoms with Crippen molar-refractivity contribution in [2.45, 2.75) is 6.42 Å². The average Bonchev–Trinajstić information content (AvgIpc) is 3.12. The number of hydrogen-bond donors (Lipinski definition) is 1. The molecule has 9 heteroatoms. The molecule has 1 aliphatic rings. The van der Waals surface area contributed by atoms with Crippen LogP contribution in [-0.4, -0.2) is 32.8 Å². The predicted octanol–water partition coefficient (Wildman–Crippen LogP) is 1.65. The molecule has 0 aliphatic carbocycles. The molecule has 0 fully saturated rings. The summed E-state index contributed by atoms with van der Waals surface area (Å²) < 4.78 is 25.4. The molecule has 1 amide bonds. The van der Waals surface area contributed by atoms with E-state index in [4.69, 9.17) is 0 Å². The van der Waals surface area contributed by atoms with Crippen molar-refractivity contribution in [2.75, 3.05) is 17.1 Å². The highest BCUT2D eigenvalue weighted by molar-refractivity contribution is 7.93. The molecule has 0 spiro atoms. The molecule has 0 atom stereocenters. The van der Waals surface area contributed by atoms with Gasteiger partial charge in [-0.05, 0) is 22.9 Å². The van der Waals surface area contributed by atoms with Gasteiger partial charge in [-0.3, -0.25) is 9.10 Å². The molecule has 22 heavy (non-hydrogen) atoms. The first kappa shape index (κ1) is 15.2. The van der Waals surface area contributed by atoms with Crippen LogP contribution in [0, 0.1) is 0 Å². The van der Waals surface area contributed by atoms with Crippen LogP contribution in [0.1, 0.15) is 9.75 Å². The minimum absolute atomic E-state index is 0.212. The maximum absolute atomic E-state index is 12.1. The van der Waals surface area contributed by atoms with Gasteiger partial charge in [0.15, 0.2) is 0 Å². The van der Waals surface area contributed by atoms with Gasteiger partial charge in [0, 0.05) is 11.9 Å². The van der Waals surface area contributed by atoms with E-state index in [0.29, 0.717) is 11.4 Å². The molecule has 3 heterocycles. The fourth-order valence-corrected chi connectivity index (χ4v) is 5.04. The zero-order valence-corrected chi connectivity index (χ0v) is 14.1. The third kappa shape index (κ3) is 2.92. The topological polar surface area (TPSA) is 78.8 Å². The summed E-state index contributed by atoms with van der Waals surface area (Å²) in [6, 6.07) is 5.48. The van der Waals surface area contributed by atoms with E-state index in [1.54, 1.807) is 6.07 Å². The van der Waals surface area contributed by atoms with Gasteiger partial charge in [0.2, 0.25) is 15.9 Å². The maximum Gasteiger partial charge on any atom is 0.245 e. The highest BCUT2D eigenvalue weighted by Crippen LogP contribution is 2.32. The predicted molar refractivity (Wildman–Crippen MR) is 89.2 cm³/mol. The van der Waals surface area contributed by atoms with Crippen molar-refractivity contribution in [2.24, 2.45) is 5.10 Å². The molecular weight excluding hydrogens is 342 g/mol. The number of anilines is 1. The Bertz CT molecular complexity index is 822. The molecule has 0 unspecified atom stereocenters. The lowest BCUT2D eigenvalue weighted by Crippen LogP contribution is -2.38. The number of carbonyl (C=O) groups is 1. The van der Waals surface area contributed by atoms with Gasteiger partial charge in [0.1, 0.15) is 5.75 Å². The smallest absolute Gasteiger partial charge is 0.245 e. The molecule has 0 bridgehead atoms. The molecule has 3 rings (SSSR count). The summed E-state index contributed by atoms with van der Waals surface area (Å²) in [6.07, 6.45) is 0.235. The number of fused-ring (bicyclic) bond motifs is 1. The second-order valence-corrected chi connectivity index (χ2v) is 8.66. The van der Waals surface area contributed by atoms with Crippen LogP contribution in [0.4, 0.5) is 5.69 Å². The van der Waals surface area contributed by atoms with E-state index in [9.17, 15) is 13.2 Å². The van der Waals surface area contributed by atoms with Gasteiger partial charge in [-0.25, -0.2) is 13.8 Å². The van der Waals surface area contributed by atoms with E-state index in [1.807, 2.05) is 22.9 Å². The number of thiophene rings is 2. The van der Waals surface area contributed by atoms with Crippen LogP contribution in [0.5, 0.6) is 0 Å². The lowest BCUT2D eigenvalue weighted by Gasteiger charge is -2.25. The van der Waals surface area contributed by atoms with Crippen LogP contribution in [-0.2, 0) is 21.2 Å². The highest BCUT2D eigenvalue weighted by Gasteiger charge is 2.32. The van der Waals surface area contributed by atoms with Crippen LogP contribution in [0.2, 0.25) is 0 Å². The summed E-state index contributed by atoms with van der Waals surface area (Å²) in [5.41, 5.74) is 3.43. The zero-order chi connectivity index (χ0) is 15.7. The van der Waals surface area contributed by atoms with E-state index >= 15 is 0 Å². The standard InChI is InChI=1S/C13H13N3O3S3/c1-16-11-4-6-21-13(11)10(8-22(16,18)19)14-15-12(17)7-9-3-2-5-20-9/h2-6H,7-8H2,1H3,(H,15,17)/b14-10+. The highest BCUT2D eigenvalue weighted by atomic mass is 32.2. The minimum Gasteiger partial charge on any atom is -0.273 e. The van der Waals surface area contributed by atoms with Crippen molar-refractivity contribution in [3.05, 3.63) is 38.7 Å². The first-order valence-corrected chi connectivity index (χ1v) is 9.76. The van der Waals surface area contributed by atoms with E-state index in [1.165, 1.54) is 34.0 Å². The first-order valence-electron chi connectivity index (χ1n) is 6.39. The number of nitrogens with zero attached hydrogens (tertiary/aromatic N) is 2. The summed E-state index contributed by atoms with van der Waals surface area (Å²) in [4.78, 5) is 13.6. The number of carbonyl (C=O) groups excluding carboxylic acids is 1. The van der Waals surface area contributed by atoms with Gasteiger partial charge in [-0.1, -0.05) is 6.07 Å². The number of nitrogens with one attached hydrogen (secondary N) is 1. The Kier molecular flexibility index (Phi) is 4.02. The largest absolute Gasteiger partial charge is 0.273 e. The zero-order valence-electron chi connectivity index (χ0n) is 11.6. The van der Waals surface area contributed by atoms with Crippen molar-refractivity contribution in [1.29, 1.82) is 0 Å². The van der Waals surface area contributed by atoms with Crippen LogP contribution in [0.25, 0.3) is 0 Å². The monoisotopic (exact) mass is 355 g/mol. The number of sulfonamides is 1. The Labute approximate surface area is 136 Å². The molecule has 0 saturated heterocycles. The molecule has 0 aromatic carbocycles. The Morgan fingerprint density at radius 2 is 2.18 bits per heavy atom. The van der Waals surface area contributed by atoms with Crippen molar-refractivity contribution >= 4 is 50.0 Å². The Morgan fingerprint density at radius 1 is 1.36 bits per heavy atom. The van der Waals surface area contributed by atoms with E-state index in [-0.39, 0.29) is 18.1 Å². The third-order valence-electron chi connectivity index (χ3n) is 3.21. The van der Waals surface area contributed by atoms with Gasteiger partial charge in [-0.15, -0.1) is 22.7 Å². The average molecular weight is 355 g/mol. The van der Waals surface area contributed by atoms with E-state index in [0.717, 1.165) is 9.75 Å². The summed E-state index contributed by atoms with van der Waals surface area (Å²) >= 11 is 2.90. The lowest BCUT2D eigenvalue weighted by molar-refractivity contribution is -0.120. The van der Waals surface area contributed by atoms with Gasteiger partial charge in [0.25, 0.3) is 0 Å². The van der Waals surface area contributed by atoms with Gasteiger partial charge in [0.05, 0.1) is 22.7 Å². The molecule has 1 N–H and O–H groups in total. The molecule has 116 valence electrons. The van der Waals surface area contributed by atoms with Crippen molar-refractivity contribution in [3.8, 4) is 0 Å². The second-order valence-electron chi connectivity index (χ2n) is 4.71. The molecule has 0 radical (unpaired) electrons. The number of rotatable bonds is 3. The summed E-state index contributed by atoms with van der Waals surface area (Å²) in [5, 5.41) is 7.74.